The Hall–Kier alpha value is -2.10. The SMILES string of the molecule is Cc1cc(-n2cc([C@H]3OCC(O)N3CCC3CCC(O)CC3)c(-c3cccs3)n2)ccc1F. The number of aliphatic hydroxyl groups is 2. The highest BCUT2D eigenvalue weighted by Crippen LogP contribution is 2.38. The van der Waals surface area contributed by atoms with Crippen molar-refractivity contribution in [2.24, 2.45) is 5.92 Å². The molecule has 1 saturated carbocycles. The lowest BCUT2D eigenvalue weighted by Crippen LogP contribution is -2.35. The van der Waals surface area contributed by atoms with Gasteiger partial charge in [0.05, 0.1) is 23.3 Å². The molecule has 0 spiro atoms. The predicted molar refractivity (Wildman–Crippen MR) is 126 cm³/mol. The van der Waals surface area contributed by atoms with Gasteiger partial charge in [0.15, 0.2) is 0 Å². The Balaban J connectivity index is 1.43. The van der Waals surface area contributed by atoms with E-state index in [4.69, 9.17) is 9.84 Å². The van der Waals surface area contributed by atoms with Crippen molar-refractivity contribution in [2.45, 2.75) is 57.6 Å². The molecule has 1 aliphatic heterocycles. The smallest absolute Gasteiger partial charge is 0.142 e. The van der Waals surface area contributed by atoms with Crippen molar-refractivity contribution in [3.63, 3.8) is 0 Å². The van der Waals surface area contributed by atoms with Crippen LogP contribution in [0.5, 0.6) is 0 Å². The van der Waals surface area contributed by atoms with E-state index in [0.717, 1.165) is 60.5 Å². The van der Waals surface area contributed by atoms with E-state index in [1.807, 2.05) is 28.6 Å². The summed E-state index contributed by atoms with van der Waals surface area (Å²) in [5.41, 5.74) is 3.06. The van der Waals surface area contributed by atoms with E-state index in [9.17, 15) is 14.6 Å². The topological polar surface area (TPSA) is 70.8 Å². The molecule has 1 aromatic carbocycles. The number of hydrogen-bond acceptors (Lipinski definition) is 6. The van der Waals surface area contributed by atoms with E-state index in [-0.39, 0.29) is 18.5 Å². The molecular weight excluding hydrogens is 441 g/mol. The van der Waals surface area contributed by atoms with E-state index >= 15 is 0 Å². The van der Waals surface area contributed by atoms with Crippen LogP contribution in [0.25, 0.3) is 16.3 Å². The largest absolute Gasteiger partial charge is 0.393 e. The molecule has 6 nitrogen and oxygen atoms in total. The number of thiophene rings is 1. The first kappa shape index (κ1) is 22.7. The number of halogens is 1. The zero-order valence-electron chi connectivity index (χ0n) is 18.7. The van der Waals surface area contributed by atoms with Crippen LogP contribution in [-0.2, 0) is 4.74 Å². The van der Waals surface area contributed by atoms with E-state index in [1.54, 1.807) is 35.1 Å². The molecule has 2 aromatic heterocycles. The zero-order valence-corrected chi connectivity index (χ0v) is 19.5. The minimum Gasteiger partial charge on any atom is -0.393 e. The highest BCUT2D eigenvalue weighted by Gasteiger charge is 2.37. The van der Waals surface area contributed by atoms with Crippen molar-refractivity contribution < 1.29 is 19.3 Å². The van der Waals surface area contributed by atoms with Gasteiger partial charge in [0, 0.05) is 18.3 Å². The first-order valence-electron chi connectivity index (χ1n) is 11.6. The fraction of sp³-hybridized carbons (Fsp3) is 0.480. The van der Waals surface area contributed by atoms with Gasteiger partial charge in [0.1, 0.15) is 24.0 Å². The second-order valence-corrected chi connectivity index (χ2v) is 10.1. The van der Waals surface area contributed by atoms with E-state index in [0.29, 0.717) is 11.5 Å². The van der Waals surface area contributed by atoms with Gasteiger partial charge < -0.3 is 14.9 Å². The maximum absolute atomic E-state index is 13.8. The van der Waals surface area contributed by atoms with Gasteiger partial charge in [-0.25, -0.2) is 14.0 Å². The van der Waals surface area contributed by atoms with Gasteiger partial charge in [-0.2, -0.15) is 5.10 Å². The molecule has 1 aliphatic carbocycles. The number of ether oxygens (including phenoxy) is 1. The van der Waals surface area contributed by atoms with E-state index in [1.165, 1.54) is 6.07 Å². The van der Waals surface area contributed by atoms with Crippen LogP contribution in [0.15, 0.2) is 41.9 Å². The lowest BCUT2D eigenvalue weighted by atomic mass is 9.85. The normalized spacial score (nSPS) is 26.2. The maximum Gasteiger partial charge on any atom is 0.142 e. The quantitative estimate of drug-likeness (QED) is 0.548. The van der Waals surface area contributed by atoms with E-state index < -0.39 is 12.5 Å². The van der Waals surface area contributed by atoms with Crippen molar-refractivity contribution in [1.29, 1.82) is 0 Å². The molecule has 8 heteroatoms. The van der Waals surface area contributed by atoms with Gasteiger partial charge in [-0.05, 0) is 80.2 Å². The predicted octanol–water partition coefficient (Wildman–Crippen LogP) is 4.64. The van der Waals surface area contributed by atoms with Crippen LogP contribution in [0.4, 0.5) is 4.39 Å². The highest BCUT2D eigenvalue weighted by molar-refractivity contribution is 7.13. The summed E-state index contributed by atoms with van der Waals surface area (Å²) in [6, 6.07) is 8.98. The summed E-state index contributed by atoms with van der Waals surface area (Å²) in [6.07, 6.45) is 5.44. The number of aryl methyl sites for hydroxylation is 1. The van der Waals surface area contributed by atoms with Gasteiger partial charge in [-0.3, -0.25) is 0 Å². The summed E-state index contributed by atoms with van der Waals surface area (Å²) in [6.45, 7) is 2.71. The van der Waals surface area contributed by atoms with Crippen LogP contribution in [0, 0.1) is 18.7 Å². The number of nitrogens with zero attached hydrogens (tertiary/aromatic N) is 3. The minimum absolute atomic E-state index is 0.163. The molecule has 5 rings (SSSR count). The van der Waals surface area contributed by atoms with Crippen LogP contribution in [-0.4, -0.2) is 50.4 Å². The third kappa shape index (κ3) is 4.76. The van der Waals surface area contributed by atoms with Crippen LogP contribution < -0.4 is 0 Å². The third-order valence-electron chi connectivity index (χ3n) is 6.87. The Morgan fingerprint density at radius 3 is 2.73 bits per heavy atom. The summed E-state index contributed by atoms with van der Waals surface area (Å²) in [7, 11) is 0. The number of benzene rings is 1. The fourth-order valence-corrected chi connectivity index (χ4v) is 5.63. The molecule has 1 unspecified atom stereocenters. The molecule has 3 heterocycles. The van der Waals surface area contributed by atoms with Crippen LogP contribution in [0.1, 0.15) is 49.5 Å². The van der Waals surface area contributed by atoms with Crippen molar-refractivity contribution >= 4 is 11.3 Å². The highest BCUT2D eigenvalue weighted by atomic mass is 32.1. The molecule has 0 bridgehead atoms. The summed E-state index contributed by atoms with van der Waals surface area (Å²) in [5.74, 6) is 0.316. The molecule has 2 atom stereocenters. The lowest BCUT2D eigenvalue weighted by Gasteiger charge is -2.30. The van der Waals surface area contributed by atoms with Crippen molar-refractivity contribution in [3.05, 3.63) is 58.9 Å². The van der Waals surface area contributed by atoms with Crippen LogP contribution >= 0.6 is 11.3 Å². The Morgan fingerprint density at radius 2 is 2.00 bits per heavy atom. The second-order valence-electron chi connectivity index (χ2n) is 9.16. The Morgan fingerprint density at radius 1 is 1.18 bits per heavy atom. The lowest BCUT2D eigenvalue weighted by molar-refractivity contribution is -0.00775. The Kier molecular flexibility index (Phi) is 6.62. The van der Waals surface area contributed by atoms with Crippen LogP contribution in [0.2, 0.25) is 0 Å². The zero-order chi connectivity index (χ0) is 22.9. The van der Waals surface area contributed by atoms with Gasteiger partial charge in [0.25, 0.3) is 0 Å². The molecule has 3 aromatic rings. The first-order chi connectivity index (χ1) is 16.0. The van der Waals surface area contributed by atoms with Crippen molar-refractivity contribution in [3.8, 4) is 16.3 Å². The minimum atomic E-state index is -0.670. The van der Waals surface area contributed by atoms with Crippen LogP contribution in [0.3, 0.4) is 0 Å². The molecule has 0 amide bonds. The van der Waals surface area contributed by atoms with Gasteiger partial charge in [0.2, 0.25) is 0 Å². The molecule has 2 fully saturated rings. The molecule has 2 aliphatic rings. The number of hydrogen-bond donors (Lipinski definition) is 2. The number of rotatable bonds is 6. The second kappa shape index (κ2) is 9.64. The molecule has 1 saturated heterocycles. The summed E-state index contributed by atoms with van der Waals surface area (Å²) < 4.78 is 21.7. The standard InChI is InChI=1S/C25H30FN3O3S/c1-16-13-18(6-9-21(16)26)29-14-20(24(27-29)22-3-2-12-33-22)25-28(23(31)15-32-25)11-10-17-4-7-19(30)8-5-17/h2-3,6,9,12-14,17,19,23,25,30-31H,4-5,7-8,10-11,15H2,1H3/t17?,19?,23?,25-/m1/s1. The Bertz CT molecular complexity index is 1080. The van der Waals surface area contributed by atoms with Crippen molar-refractivity contribution in [2.75, 3.05) is 13.2 Å². The number of aromatic nitrogens is 2. The average molecular weight is 472 g/mol. The molecule has 0 radical (unpaired) electrons. The summed E-state index contributed by atoms with van der Waals surface area (Å²) in [4.78, 5) is 3.04. The van der Waals surface area contributed by atoms with Crippen molar-refractivity contribution in [1.82, 2.24) is 14.7 Å². The summed E-state index contributed by atoms with van der Waals surface area (Å²) >= 11 is 1.61. The monoisotopic (exact) mass is 471 g/mol. The number of aliphatic hydroxyl groups excluding tert-OH is 2. The Labute approximate surface area is 197 Å². The average Bonchev–Trinajstić information content (AvgIpc) is 3.55. The molecular formula is C25H30FN3O3S. The van der Waals surface area contributed by atoms with Gasteiger partial charge in [-0.1, -0.05) is 6.07 Å². The van der Waals surface area contributed by atoms with Gasteiger partial charge in [-0.15, -0.1) is 11.3 Å². The molecule has 176 valence electrons. The van der Waals surface area contributed by atoms with Gasteiger partial charge >= 0.3 is 0 Å². The van der Waals surface area contributed by atoms with E-state index in [2.05, 4.69) is 0 Å². The molecule has 33 heavy (non-hydrogen) atoms. The molecule has 2 N–H and O–H groups in total. The summed E-state index contributed by atoms with van der Waals surface area (Å²) in [5, 5.41) is 27.3. The third-order valence-corrected chi connectivity index (χ3v) is 7.74. The maximum atomic E-state index is 13.8. The fourth-order valence-electron chi connectivity index (χ4n) is 4.90. The first-order valence-corrected chi connectivity index (χ1v) is 12.5.